The number of carboxylic acid groups (broad SMARTS) is 1. The first kappa shape index (κ1) is 12.5. The van der Waals surface area contributed by atoms with Crippen LogP contribution in [0.3, 0.4) is 0 Å². The Bertz CT molecular complexity index is 470. The second kappa shape index (κ2) is 4.50. The summed E-state index contributed by atoms with van der Waals surface area (Å²) in [7, 11) is -4.61. The van der Waals surface area contributed by atoms with Gasteiger partial charge in [-0.15, -0.1) is 0 Å². The van der Waals surface area contributed by atoms with Gasteiger partial charge in [0.25, 0.3) is 0 Å². The molecule has 0 unspecified atom stereocenters. The molecule has 0 heterocycles. The topological polar surface area (TPSA) is 94.9 Å². The van der Waals surface area contributed by atoms with Gasteiger partial charge in [0, 0.05) is 0 Å². The summed E-state index contributed by atoms with van der Waals surface area (Å²) in [6.07, 6.45) is 0. The van der Waals surface area contributed by atoms with Crippen LogP contribution in [0.15, 0.2) is 30.3 Å². The van der Waals surface area contributed by atoms with Crippen LogP contribution in [0, 0.1) is 0 Å². The third kappa shape index (κ3) is 2.71. The zero-order valence-electron chi connectivity index (χ0n) is 8.44. The van der Waals surface area contributed by atoms with Crippen molar-refractivity contribution in [1.82, 2.24) is 0 Å². The van der Waals surface area contributed by atoms with Crippen LogP contribution < -0.4 is 4.31 Å². The summed E-state index contributed by atoms with van der Waals surface area (Å²) in [5.41, 5.74) is 0.0971. The Kier molecular flexibility index (Phi) is 3.51. The first-order valence-electron chi connectivity index (χ1n) is 4.38. The minimum atomic E-state index is -4.61. The fraction of sp³-hybridized carbons (Fsp3) is 0.222. The predicted octanol–water partition coefficient (Wildman–Crippen LogP) is 0.769. The molecule has 0 saturated carbocycles. The van der Waals surface area contributed by atoms with Crippen molar-refractivity contribution in [1.29, 1.82) is 0 Å². The molecule has 1 rings (SSSR count). The Labute approximate surface area is 93.0 Å². The molecular formula is C9H11NO5S. The third-order valence-electron chi connectivity index (χ3n) is 1.97. The van der Waals surface area contributed by atoms with E-state index in [0.29, 0.717) is 4.31 Å². The van der Waals surface area contributed by atoms with Gasteiger partial charge in [-0.25, -0.2) is 9.10 Å². The van der Waals surface area contributed by atoms with Crippen molar-refractivity contribution in [3.05, 3.63) is 30.3 Å². The molecule has 2 N–H and O–H groups in total. The number of rotatable bonds is 4. The molecule has 1 aromatic rings. The highest BCUT2D eigenvalue weighted by atomic mass is 32.2. The maximum Gasteiger partial charge on any atom is 0.360 e. The highest BCUT2D eigenvalue weighted by Crippen LogP contribution is 2.19. The summed E-state index contributed by atoms with van der Waals surface area (Å²) >= 11 is 0. The Morgan fingerprint density at radius 3 is 2.19 bits per heavy atom. The lowest BCUT2D eigenvalue weighted by molar-refractivity contribution is -0.137. The van der Waals surface area contributed by atoms with E-state index in [-0.39, 0.29) is 5.69 Å². The molecule has 0 bridgehead atoms. The van der Waals surface area contributed by atoms with Crippen molar-refractivity contribution in [2.24, 2.45) is 0 Å². The minimum Gasteiger partial charge on any atom is -0.480 e. The number of nitrogens with zero attached hydrogens (tertiary/aromatic N) is 1. The van der Waals surface area contributed by atoms with Gasteiger partial charge in [-0.1, -0.05) is 18.2 Å². The van der Waals surface area contributed by atoms with Crippen LogP contribution in [-0.2, 0) is 15.1 Å². The first-order valence-corrected chi connectivity index (χ1v) is 5.78. The molecule has 0 aromatic heterocycles. The van der Waals surface area contributed by atoms with Crippen molar-refractivity contribution >= 4 is 22.0 Å². The van der Waals surface area contributed by atoms with Gasteiger partial charge in [0.05, 0.1) is 5.69 Å². The zero-order chi connectivity index (χ0) is 12.3. The van der Waals surface area contributed by atoms with E-state index in [1.807, 2.05) is 0 Å². The number of carbonyl (C=O) groups is 1. The molecule has 0 aliphatic carbocycles. The van der Waals surface area contributed by atoms with Crippen LogP contribution in [0.2, 0.25) is 0 Å². The van der Waals surface area contributed by atoms with Crippen LogP contribution >= 0.6 is 0 Å². The van der Waals surface area contributed by atoms with Crippen molar-refractivity contribution in [3.63, 3.8) is 0 Å². The summed E-state index contributed by atoms with van der Waals surface area (Å²) in [4.78, 5) is 10.7. The van der Waals surface area contributed by atoms with Crippen LogP contribution in [0.4, 0.5) is 5.69 Å². The van der Waals surface area contributed by atoms with Gasteiger partial charge in [-0.05, 0) is 19.1 Å². The van der Waals surface area contributed by atoms with Gasteiger partial charge in [0.1, 0.15) is 6.04 Å². The Hall–Kier alpha value is -1.60. The Morgan fingerprint density at radius 2 is 1.81 bits per heavy atom. The van der Waals surface area contributed by atoms with E-state index in [4.69, 9.17) is 9.66 Å². The summed E-state index contributed by atoms with van der Waals surface area (Å²) in [5, 5.41) is 8.76. The molecular weight excluding hydrogens is 234 g/mol. The van der Waals surface area contributed by atoms with Gasteiger partial charge in [-0.2, -0.15) is 8.42 Å². The number of hydrogen-bond donors (Lipinski definition) is 2. The smallest absolute Gasteiger partial charge is 0.360 e. The number of anilines is 1. The van der Waals surface area contributed by atoms with E-state index >= 15 is 0 Å². The Morgan fingerprint density at radius 1 is 1.31 bits per heavy atom. The molecule has 1 aromatic carbocycles. The lowest BCUT2D eigenvalue weighted by Crippen LogP contribution is -2.43. The van der Waals surface area contributed by atoms with Gasteiger partial charge < -0.3 is 5.11 Å². The van der Waals surface area contributed by atoms with Gasteiger partial charge in [0.15, 0.2) is 0 Å². The van der Waals surface area contributed by atoms with Crippen LogP contribution in [0.1, 0.15) is 6.92 Å². The number of hydrogen-bond acceptors (Lipinski definition) is 3. The lowest BCUT2D eigenvalue weighted by Gasteiger charge is -2.24. The highest BCUT2D eigenvalue weighted by Gasteiger charge is 2.30. The average Bonchev–Trinajstić information content (AvgIpc) is 2.17. The molecule has 0 aliphatic rings. The number of para-hydroxylation sites is 1. The second-order valence-corrected chi connectivity index (χ2v) is 4.41. The van der Waals surface area contributed by atoms with Gasteiger partial charge in [-0.3, -0.25) is 4.55 Å². The summed E-state index contributed by atoms with van der Waals surface area (Å²) < 4.78 is 31.6. The molecule has 0 saturated heterocycles. The normalized spacial score (nSPS) is 13.1. The van der Waals surface area contributed by atoms with E-state index in [1.54, 1.807) is 18.2 Å². The molecule has 1 atom stereocenters. The SMILES string of the molecule is C[C@@H](C(=O)O)N(c1ccccc1)S(=O)(=O)O. The predicted molar refractivity (Wildman–Crippen MR) is 57.6 cm³/mol. The second-order valence-electron chi connectivity index (χ2n) is 3.12. The fourth-order valence-electron chi connectivity index (χ4n) is 1.23. The standard InChI is InChI=1S/C9H11NO5S/c1-7(9(11)12)10(16(13,14)15)8-5-3-2-4-6-8/h2-7H,1H3,(H,11,12)(H,13,14,15)/t7-/m0/s1. The lowest BCUT2D eigenvalue weighted by atomic mass is 10.2. The third-order valence-corrected chi connectivity index (χ3v) is 2.99. The Balaban J connectivity index is 3.23. The molecule has 0 amide bonds. The van der Waals surface area contributed by atoms with Crippen molar-refractivity contribution in [3.8, 4) is 0 Å². The minimum absolute atomic E-state index is 0.0971. The highest BCUT2D eigenvalue weighted by molar-refractivity contribution is 7.87. The van der Waals surface area contributed by atoms with Crippen LogP contribution in [0.5, 0.6) is 0 Å². The molecule has 7 heteroatoms. The summed E-state index contributed by atoms with van der Waals surface area (Å²) in [6, 6.07) is 6.15. The van der Waals surface area contributed by atoms with E-state index in [0.717, 1.165) is 0 Å². The molecule has 0 radical (unpaired) electrons. The van der Waals surface area contributed by atoms with Crippen molar-refractivity contribution < 1.29 is 22.9 Å². The van der Waals surface area contributed by atoms with Gasteiger partial charge in [0.2, 0.25) is 0 Å². The van der Waals surface area contributed by atoms with E-state index in [2.05, 4.69) is 0 Å². The molecule has 88 valence electrons. The quantitative estimate of drug-likeness (QED) is 0.764. The van der Waals surface area contributed by atoms with E-state index < -0.39 is 22.3 Å². The maximum atomic E-state index is 11.1. The zero-order valence-corrected chi connectivity index (χ0v) is 9.26. The summed E-state index contributed by atoms with van der Waals surface area (Å²) in [6.45, 7) is 1.17. The van der Waals surface area contributed by atoms with Crippen molar-refractivity contribution in [2.45, 2.75) is 13.0 Å². The van der Waals surface area contributed by atoms with E-state index in [9.17, 15) is 13.2 Å². The molecule has 0 spiro atoms. The fourth-order valence-corrected chi connectivity index (χ4v) is 2.11. The first-order chi connectivity index (χ1) is 7.34. The molecule has 16 heavy (non-hydrogen) atoms. The van der Waals surface area contributed by atoms with Crippen LogP contribution in [-0.4, -0.2) is 30.1 Å². The van der Waals surface area contributed by atoms with Gasteiger partial charge >= 0.3 is 16.3 Å². The number of carboxylic acids is 1. The largest absolute Gasteiger partial charge is 0.480 e. The number of aliphatic carboxylic acids is 1. The molecule has 0 aliphatic heterocycles. The molecule has 6 nitrogen and oxygen atoms in total. The number of benzene rings is 1. The van der Waals surface area contributed by atoms with Crippen molar-refractivity contribution in [2.75, 3.05) is 4.31 Å². The van der Waals surface area contributed by atoms with Crippen LogP contribution in [0.25, 0.3) is 0 Å². The summed E-state index contributed by atoms with van der Waals surface area (Å²) in [5.74, 6) is -1.35. The maximum absolute atomic E-state index is 11.1. The average molecular weight is 245 g/mol. The van der Waals surface area contributed by atoms with E-state index in [1.165, 1.54) is 19.1 Å². The monoisotopic (exact) mass is 245 g/mol. The molecule has 0 fully saturated rings.